The number of rotatable bonds is 20. The lowest BCUT2D eigenvalue weighted by Crippen LogP contribution is -2.68. The molecule has 5 nitrogen and oxygen atoms in total. The Balaban J connectivity index is 0.00000119. The summed E-state index contributed by atoms with van der Waals surface area (Å²) in [5.41, 5.74) is 5.17. The molecule has 0 N–H and O–H groups in total. The highest BCUT2D eigenvalue weighted by molar-refractivity contribution is 5.63. The van der Waals surface area contributed by atoms with Crippen molar-refractivity contribution in [2.75, 3.05) is 0 Å². The van der Waals surface area contributed by atoms with E-state index in [1.54, 1.807) is 0 Å². The van der Waals surface area contributed by atoms with Crippen LogP contribution in [0.2, 0.25) is 0 Å². The molecule has 0 bridgehead atoms. The van der Waals surface area contributed by atoms with Gasteiger partial charge in [0.05, 0.1) is 11.1 Å². The molecule has 6 heteroatoms. The van der Waals surface area contributed by atoms with E-state index in [2.05, 4.69) is 80.6 Å². The quantitative estimate of drug-likeness (QED) is 0.0970. The van der Waals surface area contributed by atoms with Crippen molar-refractivity contribution in [3.63, 3.8) is 0 Å². The van der Waals surface area contributed by atoms with Gasteiger partial charge in [0.1, 0.15) is 0 Å². The maximum absolute atomic E-state index is 8.49. The van der Waals surface area contributed by atoms with Gasteiger partial charge in [-0.1, -0.05) is 128 Å². The van der Waals surface area contributed by atoms with E-state index in [0.29, 0.717) is 0 Å². The Hall–Kier alpha value is -2.28. The lowest BCUT2D eigenvalue weighted by atomic mass is 10.0. The standard InChI is InChI=1S/C37H53O.ClHO4/c1-3-5-7-9-11-13-15-17-20-32-24-28-34(29-25-32)36-22-19-23-37(38-36)35-30-26-33(27-31-35)21-18-16-14-12-10-8-6-4-2;2-1(3,4)5/h19,22-31H,3-18,20-21H2,1-2H3;(H,2,3,4,5)/q+1;/p-1. The summed E-state index contributed by atoms with van der Waals surface area (Å²) in [5, 5.41) is 0. The van der Waals surface area contributed by atoms with E-state index in [4.69, 9.17) is 23.1 Å². The van der Waals surface area contributed by atoms with Crippen molar-refractivity contribution >= 4 is 0 Å². The molecule has 3 aromatic rings. The lowest BCUT2D eigenvalue weighted by molar-refractivity contribution is -2.00. The van der Waals surface area contributed by atoms with Gasteiger partial charge in [-0.2, -0.15) is 0 Å². The molecule has 43 heavy (non-hydrogen) atoms. The zero-order valence-electron chi connectivity index (χ0n) is 26.5. The minimum atomic E-state index is -4.94. The van der Waals surface area contributed by atoms with E-state index < -0.39 is 10.2 Å². The third-order valence-corrected chi connectivity index (χ3v) is 7.83. The van der Waals surface area contributed by atoms with Crippen molar-refractivity contribution in [2.45, 2.75) is 129 Å². The highest BCUT2D eigenvalue weighted by Gasteiger charge is 2.16. The van der Waals surface area contributed by atoms with Crippen LogP contribution >= 0.6 is 0 Å². The van der Waals surface area contributed by atoms with Gasteiger partial charge in [-0.05, 0) is 67.1 Å². The normalized spacial score (nSPS) is 11.3. The number of aryl methyl sites for hydroxylation is 2. The fraction of sp³-hybridized carbons (Fsp3) is 0.541. The van der Waals surface area contributed by atoms with Crippen molar-refractivity contribution in [3.8, 4) is 22.6 Å². The summed E-state index contributed by atoms with van der Waals surface area (Å²) in [7, 11) is -4.94. The van der Waals surface area contributed by atoms with Crippen molar-refractivity contribution in [2.24, 2.45) is 0 Å². The zero-order valence-corrected chi connectivity index (χ0v) is 27.3. The Morgan fingerprint density at radius 2 is 0.744 bits per heavy atom. The van der Waals surface area contributed by atoms with Gasteiger partial charge in [0.15, 0.2) is 0 Å². The van der Waals surface area contributed by atoms with E-state index in [0.717, 1.165) is 22.6 Å². The van der Waals surface area contributed by atoms with Gasteiger partial charge in [-0.15, -0.1) is 10.2 Å². The number of benzene rings is 2. The summed E-state index contributed by atoms with van der Waals surface area (Å²) in [6.45, 7) is 4.57. The molecule has 0 unspecified atom stereocenters. The van der Waals surface area contributed by atoms with E-state index in [9.17, 15) is 0 Å². The number of hydrogen-bond donors (Lipinski definition) is 0. The molecule has 2 aromatic carbocycles. The molecule has 0 spiro atoms. The first-order chi connectivity index (χ1) is 20.8. The second-order valence-electron chi connectivity index (χ2n) is 11.6. The second-order valence-corrected chi connectivity index (χ2v) is 12.3. The van der Waals surface area contributed by atoms with Crippen LogP contribution in [0.25, 0.3) is 22.6 Å². The molecule has 0 saturated heterocycles. The predicted octanol–water partition coefficient (Wildman–Crippen LogP) is 7.51. The average molecular weight is 613 g/mol. The van der Waals surface area contributed by atoms with Crippen LogP contribution in [-0.2, 0) is 12.8 Å². The van der Waals surface area contributed by atoms with Gasteiger partial charge in [0.2, 0.25) is 0 Å². The topological polar surface area (TPSA) is 104 Å². The van der Waals surface area contributed by atoms with Crippen LogP contribution in [0.4, 0.5) is 0 Å². The molecule has 0 fully saturated rings. The minimum Gasteiger partial charge on any atom is -0.222 e. The Kier molecular flexibility index (Phi) is 19.1. The molecule has 0 amide bonds. The monoisotopic (exact) mass is 612 g/mol. The highest BCUT2D eigenvalue weighted by Crippen LogP contribution is 2.27. The van der Waals surface area contributed by atoms with Crippen LogP contribution in [0.1, 0.15) is 128 Å². The summed E-state index contributed by atoms with van der Waals surface area (Å²) in [6.07, 6.45) is 24.3. The molecule has 0 aliphatic carbocycles. The Bertz CT molecular complexity index is 1010. The first-order valence-electron chi connectivity index (χ1n) is 16.5. The van der Waals surface area contributed by atoms with Gasteiger partial charge in [0.25, 0.3) is 0 Å². The molecule has 0 aliphatic rings. The Morgan fingerprint density at radius 3 is 1.07 bits per heavy atom. The van der Waals surface area contributed by atoms with Crippen LogP contribution in [0.15, 0.2) is 71.1 Å². The van der Waals surface area contributed by atoms with Gasteiger partial charge in [-0.25, -0.2) is 23.1 Å². The van der Waals surface area contributed by atoms with Crippen molar-refractivity contribution in [1.29, 1.82) is 0 Å². The minimum absolute atomic E-state index is 0.934. The van der Waals surface area contributed by atoms with E-state index >= 15 is 0 Å². The molecule has 0 atom stereocenters. The maximum Gasteiger partial charge on any atom is 0.360 e. The molecular formula is C37H53ClO5. The predicted molar refractivity (Wildman–Crippen MR) is 167 cm³/mol. The average Bonchev–Trinajstić information content (AvgIpc) is 3.00. The number of hydrogen-bond acceptors (Lipinski definition) is 4. The van der Waals surface area contributed by atoms with Gasteiger partial charge in [-0.3, -0.25) is 0 Å². The van der Waals surface area contributed by atoms with Gasteiger partial charge < -0.3 is 0 Å². The lowest BCUT2D eigenvalue weighted by Gasteiger charge is -2.17. The SMILES string of the molecule is CCCCCCCCCCc1ccc(-c2cccc(-c3ccc(CCCCCCCCCC)cc3)[o+]2)cc1.[O-][Cl+3]([O-])([O-])[O-]. The Labute approximate surface area is 262 Å². The van der Waals surface area contributed by atoms with E-state index in [-0.39, 0.29) is 0 Å². The molecule has 238 valence electrons. The first kappa shape index (κ1) is 36.9. The molecule has 0 aliphatic heterocycles. The van der Waals surface area contributed by atoms with Crippen molar-refractivity contribution in [1.82, 2.24) is 0 Å². The largest absolute Gasteiger partial charge is 0.360 e. The number of halogens is 1. The van der Waals surface area contributed by atoms with Crippen LogP contribution in [0, 0.1) is 10.2 Å². The first-order valence-corrected chi connectivity index (χ1v) is 17.8. The van der Waals surface area contributed by atoms with E-state index in [1.807, 2.05) is 0 Å². The van der Waals surface area contributed by atoms with Crippen molar-refractivity contribution < 1.29 is 33.3 Å². The second kappa shape index (κ2) is 22.3. The third kappa shape index (κ3) is 18.2. The highest BCUT2D eigenvalue weighted by atomic mass is 35.7. The zero-order chi connectivity index (χ0) is 31.2. The summed E-state index contributed by atoms with van der Waals surface area (Å²) in [5.74, 6) is 1.87. The molecule has 0 saturated carbocycles. The smallest absolute Gasteiger partial charge is 0.222 e. The fourth-order valence-corrected chi connectivity index (χ4v) is 5.32. The number of unbranched alkanes of at least 4 members (excludes halogenated alkanes) is 14. The molecule has 0 radical (unpaired) electrons. The summed E-state index contributed by atoms with van der Waals surface area (Å²) in [4.78, 5) is 0. The van der Waals surface area contributed by atoms with E-state index in [1.165, 1.54) is 127 Å². The van der Waals surface area contributed by atoms with Crippen LogP contribution in [0.5, 0.6) is 0 Å². The van der Waals surface area contributed by atoms with Crippen LogP contribution in [-0.4, -0.2) is 0 Å². The summed E-state index contributed by atoms with van der Waals surface area (Å²) >= 11 is 0. The molecule has 1 heterocycles. The van der Waals surface area contributed by atoms with Crippen molar-refractivity contribution in [3.05, 3.63) is 77.9 Å². The maximum atomic E-state index is 8.49. The fourth-order valence-electron chi connectivity index (χ4n) is 5.32. The molecule has 3 rings (SSSR count). The third-order valence-electron chi connectivity index (χ3n) is 7.83. The molecule has 1 aromatic heterocycles. The summed E-state index contributed by atoms with van der Waals surface area (Å²) in [6, 6.07) is 24.2. The van der Waals surface area contributed by atoms with Crippen LogP contribution in [0.3, 0.4) is 0 Å². The van der Waals surface area contributed by atoms with Gasteiger partial charge >= 0.3 is 11.5 Å². The van der Waals surface area contributed by atoms with Crippen LogP contribution < -0.4 is 18.6 Å². The van der Waals surface area contributed by atoms with Gasteiger partial charge in [0, 0.05) is 12.1 Å². The summed E-state index contributed by atoms with van der Waals surface area (Å²) < 4.78 is 40.3. The molecular weight excluding hydrogens is 560 g/mol. The Morgan fingerprint density at radius 1 is 0.442 bits per heavy atom.